The zero-order valence-electron chi connectivity index (χ0n) is 34.6. The fourth-order valence-corrected chi connectivity index (χ4v) is 7.96. The Morgan fingerprint density at radius 2 is 1.60 bits per heavy atom. The van der Waals surface area contributed by atoms with Crippen LogP contribution in [0.2, 0.25) is 0 Å². The van der Waals surface area contributed by atoms with E-state index >= 15 is 0 Å². The third-order valence-corrected chi connectivity index (χ3v) is 11.6. The van der Waals surface area contributed by atoms with E-state index in [0.717, 1.165) is 18.4 Å². The van der Waals surface area contributed by atoms with Crippen molar-refractivity contribution in [2.75, 3.05) is 48.5 Å². The summed E-state index contributed by atoms with van der Waals surface area (Å²) in [6.07, 6.45) is 1.57. The molecule has 1 aromatic carbocycles. The van der Waals surface area contributed by atoms with Crippen LogP contribution in [0, 0.1) is 35.0 Å². The smallest absolute Gasteiger partial charge is 0.309 e. The number of methoxy groups -OCH3 is 3. The SMILES string of the molecule is CCC(C)C(C(CC(=O)N1CCCC1C(OC)C(C)C(=O)CC(Cc1ccccc1)C(=O)OC)OC)N(C)C(=O)C(CC(=O)C(C)(C)CNC)C(C)C. The molecule has 11 nitrogen and oxygen atoms in total. The predicted molar refractivity (Wildman–Crippen MR) is 207 cm³/mol. The van der Waals surface area contributed by atoms with Gasteiger partial charge >= 0.3 is 5.97 Å². The Labute approximate surface area is 319 Å². The summed E-state index contributed by atoms with van der Waals surface area (Å²) >= 11 is 0. The standard InChI is InChI=1S/C42H69N3O8/c1-13-28(4)38(44(9)40(49)32(27(2)3)24-36(47)42(6,7)26-43-8)35(51-10)25-37(48)45-21-17-20-33(45)39(52-11)29(5)34(46)23-31(41(50)53-12)22-30-18-15-14-16-19-30/h14-16,18-19,27-29,31-33,35,38-39,43H,13,17,20-26H2,1-12H3. The molecule has 0 bridgehead atoms. The lowest BCUT2D eigenvalue weighted by molar-refractivity contribution is -0.150. The number of likely N-dealkylation sites (tertiary alicyclic amines) is 1. The quantitative estimate of drug-likeness (QED) is 0.147. The molecule has 11 heteroatoms. The number of benzene rings is 1. The van der Waals surface area contributed by atoms with Crippen molar-refractivity contribution in [2.24, 2.45) is 35.0 Å². The summed E-state index contributed by atoms with van der Waals surface area (Å²) in [4.78, 5) is 71.8. The molecule has 1 N–H and O–H groups in total. The number of carbonyl (C=O) groups is 5. The highest BCUT2D eigenvalue weighted by Crippen LogP contribution is 2.32. The number of hydrogen-bond acceptors (Lipinski definition) is 9. The minimum atomic E-state index is -0.635. The van der Waals surface area contributed by atoms with E-state index in [2.05, 4.69) is 19.2 Å². The van der Waals surface area contributed by atoms with E-state index in [1.54, 1.807) is 31.1 Å². The summed E-state index contributed by atoms with van der Waals surface area (Å²) < 4.78 is 17.1. The van der Waals surface area contributed by atoms with Crippen molar-refractivity contribution in [3.63, 3.8) is 0 Å². The van der Waals surface area contributed by atoms with Crippen LogP contribution in [0.4, 0.5) is 0 Å². The van der Waals surface area contributed by atoms with Gasteiger partial charge < -0.3 is 29.3 Å². The average Bonchev–Trinajstić information content (AvgIpc) is 3.62. The zero-order chi connectivity index (χ0) is 40.0. The molecule has 0 aromatic heterocycles. The first kappa shape index (κ1) is 46.0. The van der Waals surface area contributed by atoms with Gasteiger partial charge in [-0.25, -0.2) is 0 Å². The Hall–Kier alpha value is -3.15. The Kier molecular flexibility index (Phi) is 18.8. The molecule has 8 unspecified atom stereocenters. The molecule has 8 atom stereocenters. The molecule has 1 aliphatic heterocycles. The number of Topliss-reactive ketones (excluding diaryl/α,β-unsaturated/α-hetero) is 2. The van der Waals surface area contributed by atoms with E-state index in [4.69, 9.17) is 14.2 Å². The molecule has 0 radical (unpaired) electrons. The second kappa shape index (κ2) is 21.7. The minimum Gasteiger partial charge on any atom is -0.469 e. The third kappa shape index (κ3) is 12.4. The number of carbonyl (C=O) groups excluding carboxylic acids is 5. The molecule has 1 aliphatic rings. The van der Waals surface area contributed by atoms with Gasteiger partial charge in [0, 0.05) is 64.4 Å². The molecular formula is C42H69N3O8. The van der Waals surface area contributed by atoms with Gasteiger partial charge in [-0.1, -0.05) is 85.2 Å². The number of nitrogens with zero attached hydrogens (tertiary/aromatic N) is 2. The van der Waals surface area contributed by atoms with Gasteiger partial charge in [-0.15, -0.1) is 0 Å². The van der Waals surface area contributed by atoms with E-state index in [9.17, 15) is 24.0 Å². The molecule has 1 saturated heterocycles. The van der Waals surface area contributed by atoms with Crippen molar-refractivity contribution in [3.8, 4) is 0 Å². The second-order valence-corrected chi connectivity index (χ2v) is 16.1. The van der Waals surface area contributed by atoms with Crippen LogP contribution >= 0.6 is 0 Å². The van der Waals surface area contributed by atoms with Crippen LogP contribution in [0.1, 0.15) is 92.6 Å². The van der Waals surface area contributed by atoms with E-state index in [1.165, 1.54) is 7.11 Å². The summed E-state index contributed by atoms with van der Waals surface area (Å²) in [5.74, 6) is -2.58. The number of hydrogen-bond donors (Lipinski definition) is 1. The predicted octanol–water partition coefficient (Wildman–Crippen LogP) is 5.37. The number of ether oxygens (including phenoxy) is 3. The molecule has 1 aromatic rings. The van der Waals surface area contributed by atoms with Crippen LogP contribution < -0.4 is 5.32 Å². The molecule has 0 spiro atoms. The van der Waals surface area contributed by atoms with Gasteiger partial charge in [0.1, 0.15) is 11.6 Å². The summed E-state index contributed by atoms with van der Waals surface area (Å²) in [5, 5.41) is 3.08. The summed E-state index contributed by atoms with van der Waals surface area (Å²) in [6.45, 7) is 14.7. The van der Waals surface area contributed by atoms with Gasteiger partial charge in [-0.2, -0.15) is 0 Å². The largest absolute Gasteiger partial charge is 0.469 e. The first-order valence-corrected chi connectivity index (χ1v) is 19.4. The minimum absolute atomic E-state index is 0.00190. The first-order valence-electron chi connectivity index (χ1n) is 19.4. The fraction of sp³-hybridized carbons (Fsp3) is 0.738. The Morgan fingerprint density at radius 3 is 2.13 bits per heavy atom. The van der Waals surface area contributed by atoms with Crippen molar-refractivity contribution < 1.29 is 38.2 Å². The topological polar surface area (TPSA) is 132 Å². The van der Waals surface area contributed by atoms with Gasteiger partial charge in [0.15, 0.2) is 0 Å². The van der Waals surface area contributed by atoms with Crippen LogP contribution in [-0.4, -0.2) is 112 Å². The van der Waals surface area contributed by atoms with Gasteiger partial charge in [0.05, 0.1) is 43.7 Å². The highest BCUT2D eigenvalue weighted by atomic mass is 16.5. The molecule has 1 heterocycles. The van der Waals surface area contributed by atoms with Crippen LogP contribution in [0.5, 0.6) is 0 Å². The molecule has 2 rings (SSSR count). The van der Waals surface area contributed by atoms with Gasteiger partial charge in [-0.3, -0.25) is 24.0 Å². The van der Waals surface area contributed by atoms with Crippen molar-refractivity contribution in [3.05, 3.63) is 35.9 Å². The average molecular weight is 744 g/mol. The highest BCUT2D eigenvalue weighted by molar-refractivity contribution is 5.90. The normalized spacial score (nSPS) is 18.8. The van der Waals surface area contributed by atoms with Crippen LogP contribution in [-0.2, 0) is 44.6 Å². The van der Waals surface area contributed by atoms with Crippen LogP contribution in [0.3, 0.4) is 0 Å². The summed E-state index contributed by atoms with van der Waals surface area (Å²) in [6, 6.07) is 8.79. The monoisotopic (exact) mass is 744 g/mol. The maximum atomic E-state index is 14.2. The lowest BCUT2D eigenvalue weighted by atomic mass is 9.79. The fourth-order valence-electron chi connectivity index (χ4n) is 7.96. The van der Waals surface area contributed by atoms with Crippen LogP contribution in [0.25, 0.3) is 0 Å². The maximum absolute atomic E-state index is 14.2. The summed E-state index contributed by atoms with van der Waals surface area (Å²) in [5.41, 5.74) is 0.328. The van der Waals surface area contributed by atoms with E-state index in [-0.39, 0.29) is 60.5 Å². The molecule has 0 saturated carbocycles. The van der Waals surface area contributed by atoms with Crippen molar-refractivity contribution in [1.82, 2.24) is 15.1 Å². The van der Waals surface area contributed by atoms with Crippen molar-refractivity contribution in [1.29, 1.82) is 0 Å². The molecular weight excluding hydrogens is 674 g/mol. The van der Waals surface area contributed by atoms with E-state index < -0.39 is 47.4 Å². The van der Waals surface area contributed by atoms with Crippen molar-refractivity contribution >= 4 is 29.4 Å². The van der Waals surface area contributed by atoms with Gasteiger partial charge in [0.25, 0.3) is 0 Å². The Morgan fingerprint density at radius 1 is 0.962 bits per heavy atom. The van der Waals surface area contributed by atoms with Gasteiger partial charge in [-0.05, 0) is 43.7 Å². The van der Waals surface area contributed by atoms with E-state index in [1.807, 2.05) is 72.0 Å². The zero-order valence-corrected chi connectivity index (χ0v) is 34.6. The molecule has 0 aliphatic carbocycles. The lowest BCUT2D eigenvalue weighted by Gasteiger charge is -2.41. The van der Waals surface area contributed by atoms with Crippen LogP contribution in [0.15, 0.2) is 30.3 Å². The molecule has 300 valence electrons. The maximum Gasteiger partial charge on any atom is 0.309 e. The summed E-state index contributed by atoms with van der Waals surface area (Å²) in [7, 11) is 8.04. The number of esters is 1. The number of amides is 2. The Bertz CT molecular complexity index is 1330. The molecule has 2 amide bonds. The number of rotatable bonds is 23. The highest BCUT2D eigenvalue weighted by Gasteiger charge is 2.43. The van der Waals surface area contributed by atoms with Gasteiger partial charge in [0.2, 0.25) is 11.8 Å². The number of likely N-dealkylation sites (N-methyl/N-ethyl adjacent to an activating group) is 1. The number of ketones is 2. The van der Waals surface area contributed by atoms with Crippen molar-refractivity contribution in [2.45, 2.75) is 118 Å². The van der Waals surface area contributed by atoms with E-state index in [0.29, 0.717) is 25.9 Å². The third-order valence-electron chi connectivity index (χ3n) is 11.6. The number of nitrogens with one attached hydrogen (secondary N) is 1. The molecule has 53 heavy (non-hydrogen) atoms. The second-order valence-electron chi connectivity index (χ2n) is 16.1. The first-order chi connectivity index (χ1) is 25.0. The lowest BCUT2D eigenvalue weighted by Crippen LogP contribution is -2.54. The Balaban J connectivity index is 2.28. The molecule has 1 fully saturated rings.